The Morgan fingerprint density at radius 1 is 1.24 bits per heavy atom. The molecule has 21 heavy (non-hydrogen) atoms. The molecule has 0 heterocycles. The summed E-state index contributed by atoms with van der Waals surface area (Å²) in [6, 6.07) is 14.4. The summed E-state index contributed by atoms with van der Waals surface area (Å²) in [5.74, 6) is -0.246. The Bertz CT molecular complexity index is 617. The van der Waals surface area contributed by atoms with Crippen LogP contribution < -0.4 is 11.1 Å². The van der Waals surface area contributed by atoms with Crippen LogP contribution in [0.15, 0.2) is 53.0 Å². The van der Waals surface area contributed by atoms with E-state index in [9.17, 15) is 9.90 Å². The van der Waals surface area contributed by atoms with Crippen LogP contribution in [0.25, 0.3) is 0 Å². The number of amides is 1. The van der Waals surface area contributed by atoms with Crippen LogP contribution in [0, 0.1) is 0 Å². The van der Waals surface area contributed by atoms with E-state index in [2.05, 4.69) is 21.2 Å². The van der Waals surface area contributed by atoms with Crippen molar-refractivity contribution in [1.29, 1.82) is 0 Å². The van der Waals surface area contributed by atoms with Crippen molar-refractivity contribution in [3.05, 3.63) is 64.1 Å². The van der Waals surface area contributed by atoms with E-state index in [1.165, 1.54) is 0 Å². The van der Waals surface area contributed by atoms with Crippen LogP contribution in [0.1, 0.15) is 15.9 Å². The summed E-state index contributed by atoms with van der Waals surface area (Å²) in [6.07, 6.45) is 0.578. The number of hydrogen-bond acceptors (Lipinski definition) is 3. The SMILES string of the molecule is Nc1cc(C(=O)N[C@@H](CO)Cc2ccccc2)ccc1Br. The molecule has 0 aliphatic heterocycles. The van der Waals surface area contributed by atoms with Gasteiger partial charge in [0, 0.05) is 15.7 Å². The number of benzene rings is 2. The number of nitrogen functional groups attached to an aromatic ring is 1. The minimum atomic E-state index is -0.329. The van der Waals surface area contributed by atoms with E-state index in [-0.39, 0.29) is 18.6 Å². The molecule has 1 amide bonds. The van der Waals surface area contributed by atoms with Gasteiger partial charge in [0.15, 0.2) is 0 Å². The van der Waals surface area contributed by atoms with Gasteiger partial charge in [0.2, 0.25) is 0 Å². The first-order valence-electron chi connectivity index (χ1n) is 6.61. The number of carbonyl (C=O) groups excluding carboxylic acids is 1. The molecule has 0 unspecified atom stereocenters. The molecule has 0 fully saturated rings. The van der Waals surface area contributed by atoms with Crippen molar-refractivity contribution < 1.29 is 9.90 Å². The second kappa shape index (κ2) is 7.24. The zero-order valence-electron chi connectivity index (χ0n) is 11.4. The van der Waals surface area contributed by atoms with Gasteiger partial charge in [-0.2, -0.15) is 0 Å². The first-order chi connectivity index (χ1) is 10.1. The number of nitrogens with one attached hydrogen (secondary N) is 1. The van der Waals surface area contributed by atoms with Crippen molar-refractivity contribution >= 4 is 27.5 Å². The van der Waals surface area contributed by atoms with Gasteiger partial charge in [0.25, 0.3) is 5.91 Å². The highest BCUT2D eigenvalue weighted by atomic mass is 79.9. The maximum Gasteiger partial charge on any atom is 0.251 e. The summed E-state index contributed by atoms with van der Waals surface area (Å²) in [5.41, 5.74) is 7.81. The summed E-state index contributed by atoms with van der Waals surface area (Å²) < 4.78 is 0.752. The molecule has 0 radical (unpaired) electrons. The number of anilines is 1. The molecule has 0 aliphatic rings. The Balaban J connectivity index is 2.04. The zero-order chi connectivity index (χ0) is 15.2. The molecule has 0 aliphatic carbocycles. The van der Waals surface area contributed by atoms with E-state index in [1.807, 2.05) is 30.3 Å². The van der Waals surface area contributed by atoms with E-state index in [1.54, 1.807) is 18.2 Å². The number of carbonyl (C=O) groups is 1. The number of nitrogens with two attached hydrogens (primary N) is 1. The third-order valence-electron chi connectivity index (χ3n) is 3.14. The molecule has 4 nitrogen and oxygen atoms in total. The van der Waals surface area contributed by atoms with Gasteiger partial charge in [-0.25, -0.2) is 0 Å². The summed E-state index contributed by atoms with van der Waals surface area (Å²) >= 11 is 3.29. The van der Waals surface area contributed by atoms with Crippen LogP contribution in [0.3, 0.4) is 0 Å². The van der Waals surface area contributed by atoms with Crippen LogP contribution in [-0.4, -0.2) is 23.7 Å². The highest BCUT2D eigenvalue weighted by molar-refractivity contribution is 9.10. The third-order valence-corrected chi connectivity index (χ3v) is 3.86. The Hall–Kier alpha value is -1.85. The van der Waals surface area contributed by atoms with Crippen LogP contribution >= 0.6 is 15.9 Å². The summed E-state index contributed by atoms with van der Waals surface area (Å²) in [6.45, 7) is -0.118. The predicted molar refractivity (Wildman–Crippen MR) is 87.0 cm³/mol. The fraction of sp³-hybridized carbons (Fsp3) is 0.188. The Labute approximate surface area is 132 Å². The second-order valence-electron chi connectivity index (χ2n) is 4.78. The van der Waals surface area contributed by atoms with Gasteiger partial charge in [0.05, 0.1) is 12.6 Å². The Morgan fingerprint density at radius 3 is 2.57 bits per heavy atom. The molecule has 0 saturated heterocycles. The van der Waals surface area contributed by atoms with Gasteiger partial charge in [-0.1, -0.05) is 30.3 Å². The maximum absolute atomic E-state index is 12.2. The summed E-state index contributed by atoms with van der Waals surface area (Å²) in [5, 5.41) is 12.3. The van der Waals surface area contributed by atoms with E-state index in [4.69, 9.17) is 5.73 Å². The summed E-state index contributed by atoms with van der Waals surface area (Å²) in [4.78, 5) is 12.2. The van der Waals surface area contributed by atoms with Crippen LogP contribution in [0.2, 0.25) is 0 Å². The third kappa shape index (κ3) is 4.31. The second-order valence-corrected chi connectivity index (χ2v) is 5.63. The lowest BCUT2D eigenvalue weighted by Crippen LogP contribution is -2.39. The van der Waals surface area contributed by atoms with Crippen LogP contribution in [0.4, 0.5) is 5.69 Å². The highest BCUT2D eigenvalue weighted by Crippen LogP contribution is 2.20. The molecule has 2 rings (SSSR count). The van der Waals surface area contributed by atoms with E-state index in [0.29, 0.717) is 17.7 Å². The van der Waals surface area contributed by atoms with Crippen molar-refractivity contribution in [3.8, 4) is 0 Å². The molecule has 2 aromatic rings. The molecule has 0 spiro atoms. The number of rotatable bonds is 5. The van der Waals surface area contributed by atoms with Crippen molar-refractivity contribution in [2.75, 3.05) is 12.3 Å². The quantitative estimate of drug-likeness (QED) is 0.726. The molecule has 1 atom stereocenters. The lowest BCUT2D eigenvalue weighted by atomic mass is 10.1. The van der Waals surface area contributed by atoms with Crippen molar-refractivity contribution in [1.82, 2.24) is 5.32 Å². The van der Waals surface area contributed by atoms with Gasteiger partial charge in [0.1, 0.15) is 0 Å². The van der Waals surface area contributed by atoms with Crippen molar-refractivity contribution in [2.24, 2.45) is 0 Å². The smallest absolute Gasteiger partial charge is 0.251 e. The highest BCUT2D eigenvalue weighted by Gasteiger charge is 2.14. The Morgan fingerprint density at radius 2 is 1.95 bits per heavy atom. The van der Waals surface area contributed by atoms with E-state index in [0.717, 1.165) is 10.0 Å². The largest absolute Gasteiger partial charge is 0.398 e. The molecule has 0 bridgehead atoms. The average Bonchev–Trinajstić information content (AvgIpc) is 2.50. The molecular weight excluding hydrogens is 332 g/mol. The first-order valence-corrected chi connectivity index (χ1v) is 7.40. The lowest BCUT2D eigenvalue weighted by molar-refractivity contribution is 0.0916. The molecule has 5 heteroatoms. The maximum atomic E-state index is 12.2. The van der Waals surface area contributed by atoms with Gasteiger partial charge in [-0.05, 0) is 46.1 Å². The fourth-order valence-corrected chi connectivity index (χ4v) is 2.26. The normalized spacial score (nSPS) is 11.9. The predicted octanol–water partition coefficient (Wildman–Crippen LogP) is 2.36. The lowest BCUT2D eigenvalue weighted by Gasteiger charge is -2.16. The molecular formula is C16H17BrN2O2. The van der Waals surface area contributed by atoms with Gasteiger partial charge in [-0.3, -0.25) is 4.79 Å². The van der Waals surface area contributed by atoms with Crippen LogP contribution in [0.5, 0.6) is 0 Å². The monoisotopic (exact) mass is 348 g/mol. The summed E-state index contributed by atoms with van der Waals surface area (Å²) in [7, 11) is 0. The van der Waals surface area contributed by atoms with E-state index >= 15 is 0 Å². The minimum absolute atomic E-state index is 0.118. The topological polar surface area (TPSA) is 75.4 Å². The van der Waals surface area contributed by atoms with Crippen molar-refractivity contribution in [3.63, 3.8) is 0 Å². The van der Waals surface area contributed by atoms with Gasteiger partial charge >= 0.3 is 0 Å². The fourth-order valence-electron chi connectivity index (χ4n) is 2.01. The zero-order valence-corrected chi connectivity index (χ0v) is 13.0. The molecule has 0 saturated carbocycles. The van der Waals surface area contributed by atoms with Gasteiger partial charge < -0.3 is 16.2 Å². The molecule has 0 aromatic heterocycles. The standard InChI is InChI=1S/C16H17BrN2O2/c17-14-7-6-12(9-15(14)18)16(21)19-13(10-20)8-11-4-2-1-3-5-11/h1-7,9,13,20H,8,10,18H2,(H,19,21)/t13-/m1/s1. The van der Waals surface area contributed by atoms with Gasteiger partial charge in [-0.15, -0.1) is 0 Å². The number of aliphatic hydroxyl groups is 1. The molecule has 110 valence electrons. The van der Waals surface area contributed by atoms with Crippen molar-refractivity contribution in [2.45, 2.75) is 12.5 Å². The van der Waals surface area contributed by atoms with Crippen LogP contribution in [-0.2, 0) is 6.42 Å². The van der Waals surface area contributed by atoms with E-state index < -0.39 is 0 Å². The molecule has 2 aromatic carbocycles. The molecule has 4 N–H and O–H groups in total. The number of hydrogen-bond donors (Lipinski definition) is 3. The Kier molecular flexibility index (Phi) is 5.36. The first kappa shape index (κ1) is 15.5. The number of halogens is 1. The average molecular weight is 349 g/mol. The minimum Gasteiger partial charge on any atom is -0.398 e. The number of aliphatic hydroxyl groups excluding tert-OH is 1.